The minimum atomic E-state index is 1.06. The van der Waals surface area contributed by atoms with Gasteiger partial charge < -0.3 is 0 Å². The van der Waals surface area contributed by atoms with Crippen molar-refractivity contribution in [1.82, 2.24) is 4.98 Å². The lowest BCUT2D eigenvalue weighted by molar-refractivity contribution is 1.14. The highest BCUT2D eigenvalue weighted by molar-refractivity contribution is 5.62. The van der Waals surface area contributed by atoms with Crippen LogP contribution in [0.3, 0.4) is 0 Å². The zero-order chi connectivity index (χ0) is 12.7. The first kappa shape index (κ1) is 13.4. The Hall–Kier alpha value is -1.63. The predicted molar refractivity (Wildman–Crippen MR) is 75.1 cm³/mol. The van der Waals surface area contributed by atoms with E-state index < -0.39 is 0 Å². The number of hydrogen-bond acceptors (Lipinski definition) is 1. The van der Waals surface area contributed by atoms with Gasteiger partial charge in [-0.1, -0.05) is 51.1 Å². The van der Waals surface area contributed by atoms with Gasteiger partial charge in [-0.05, 0) is 30.5 Å². The van der Waals surface area contributed by atoms with E-state index in [0.29, 0.717) is 0 Å². The van der Waals surface area contributed by atoms with E-state index in [1.165, 1.54) is 16.7 Å². The molecule has 17 heavy (non-hydrogen) atoms. The lowest BCUT2D eigenvalue weighted by Gasteiger charge is -2.02. The van der Waals surface area contributed by atoms with E-state index in [1.807, 2.05) is 33.0 Å². The molecule has 2 rings (SSSR count). The third kappa shape index (κ3) is 3.70. The van der Waals surface area contributed by atoms with E-state index in [-0.39, 0.29) is 0 Å². The van der Waals surface area contributed by atoms with Crippen LogP contribution in [0.4, 0.5) is 0 Å². The molecule has 0 unspecified atom stereocenters. The van der Waals surface area contributed by atoms with Gasteiger partial charge >= 0.3 is 0 Å². The number of nitrogens with zero attached hydrogens (tertiary/aromatic N) is 1. The fourth-order valence-corrected chi connectivity index (χ4v) is 1.57. The second kappa shape index (κ2) is 6.85. The van der Waals surface area contributed by atoms with Crippen LogP contribution in [0.1, 0.15) is 32.0 Å². The average molecular weight is 227 g/mol. The van der Waals surface area contributed by atoms with Crippen LogP contribution < -0.4 is 0 Å². The summed E-state index contributed by atoms with van der Waals surface area (Å²) >= 11 is 0. The van der Waals surface area contributed by atoms with Gasteiger partial charge in [0.1, 0.15) is 0 Å². The van der Waals surface area contributed by atoms with Crippen molar-refractivity contribution in [2.24, 2.45) is 0 Å². The quantitative estimate of drug-likeness (QED) is 0.728. The molecule has 0 fully saturated rings. The van der Waals surface area contributed by atoms with Crippen molar-refractivity contribution >= 4 is 0 Å². The van der Waals surface area contributed by atoms with Gasteiger partial charge in [-0.15, -0.1) is 0 Å². The van der Waals surface area contributed by atoms with Crippen molar-refractivity contribution in [3.05, 3.63) is 53.9 Å². The van der Waals surface area contributed by atoms with Crippen LogP contribution in [0.25, 0.3) is 11.1 Å². The number of aryl methyl sites for hydroxylation is 2. The number of pyridine rings is 1. The summed E-state index contributed by atoms with van der Waals surface area (Å²) in [5.74, 6) is 0. The van der Waals surface area contributed by atoms with Gasteiger partial charge in [0.2, 0.25) is 0 Å². The van der Waals surface area contributed by atoms with Gasteiger partial charge in [0, 0.05) is 17.5 Å². The van der Waals surface area contributed by atoms with Gasteiger partial charge in [-0.2, -0.15) is 0 Å². The molecule has 1 aromatic heterocycles. The molecule has 0 aliphatic rings. The second-order valence-electron chi connectivity index (χ2n) is 3.74. The second-order valence-corrected chi connectivity index (χ2v) is 3.74. The van der Waals surface area contributed by atoms with Crippen LogP contribution in [0.2, 0.25) is 0 Å². The lowest BCUT2D eigenvalue weighted by Crippen LogP contribution is -1.84. The molecule has 1 heteroatoms. The zero-order valence-electron chi connectivity index (χ0n) is 11.2. The number of aromatic nitrogens is 1. The molecule has 0 atom stereocenters. The molecule has 0 saturated carbocycles. The van der Waals surface area contributed by atoms with Gasteiger partial charge in [0.15, 0.2) is 0 Å². The van der Waals surface area contributed by atoms with E-state index in [1.54, 1.807) is 0 Å². The summed E-state index contributed by atoms with van der Waals surface area (Å²) in [4.78, 5) is 4.30. The summed E-state index contributed by atoms with van der Waals surface area (Å²) in [6, 6.07) is 12.8. The first-order valence-corrected chi connectivity index (χ1v) is 6.31. The van der Waals surface area contributed by atoms with Crippen LogP contribution in [0.5, 0.6) is 0 Å². The Bertz CT molecular complexity index is 426. The highest BCUT2D eigenvalue weighted by atomic mass is 14.7. The molecule has 0 aliphatic carbocycles. The van der Waals surface area contributed by atoms with E-state index >= 15 is 0 Å². The van der Waals surface area contributed by atoms with Crippen LogP contribution in [-0.2, 0) is 6.42 Å². The number of rotatable bonds is 2. The standard InChI is InChI=1S/C14H15N.C2H6/c1-3-12-5-8-13(9-6-12)14-7-4-11(2)15-10-14;1-2/h4-10H,3H2,1-2H3;1-2H3. The number of benzene rings is 1. The zero-order valence-corrected chi connectivity index (χ0v) is 11.2. The summed E-state index contributed by atoms with van der Waals surface area (Å²) < 4.78 is 0. The average Bonchev–Trinajstić information content (AvgIpc) is 2.42. The molecule has 0 radical (unpaired) electrons. The molecule has 0 aliphatic heterocycles. The van der Waals surface area contributed by atoms with E-state index in [0.717, 1.165) is 12.1 Å². The molecule has 1 nitrogen and oxygen atoms in total. The van der Waals surface area contributed by atoms with Crippen molar-refractivity contribution in [2.45, 2.75) is 34.1 Å². The largest absolute Gasteiger partial charge is 0.261 e. The maximum Gasteiger partial charge on any atom is 0.0373 e. The van der Waals surface area contributed by atoms with Crippen LogP contribution in [-0.4, -0.2) is 4.98 Å². The lowest BCUT2D eigenvalue weighted by atomic mass is 10.0. The molecule has 0 amide bonds. The van der Waals surface area contributed by atoms with Crippen molar-refractivity contribution in [3.8, 4) is 11.1 Å². The first-order valence-electron chi connectivity index (χ1n) is 6.31. The molecular weight excluding hydrogens is 206 g/mol. The maximum atomic E-state index is 4.30. The highest BCUT2D eigenvalue weighted by Crippen LogP contribution is 2.19. The third-order valence-corrected chi connectivity index (χ3v) is 2.61. The Labute approximate surface area is 105 Å². The first-order chi connectivity index (χ1) is 8.29. The molecule has 0 bridgehead atoms. The molecule has 2 aromatic rings. The predicted octanol–water partition coefficient (Wildman–Crippen LogP) is 4.65. The van der Waals surface area contributed by atoms with Gasteiger partial charge in [-0.3, -0.25) is 4.98 Å². The van der Waals surface area contributed by atoms with Gasteiger partial charge in [0.05, 0.1) is 0 Å². The van der Waals surface area contributed by atoms with E-state index in [4.69, 9.17) is 0 Å². The fourth-order valence-electron chi connectivity index (χ4n) is 1.57. The van der Waals surface area contributed by atoms with Crippen molar-refractivity contribution in [3.63, 3.8) is 0 Å². The Morgan fingerprint density at radius 2 is 1.47 bits per heavy atom. The van der Waals surface area contributed by atoms with Crippen LogP contribution in [0, 0.1) is 6.92 Å². The molecular formula is C16H21N. The summed E-state index contributed by atoms with van der Waals surface area (Å²) in [5, 5.41) is 0. The molecule has 0 spiro atoms. The third-order valence-electron chi connectivity index (χ3n) is 2.61. The molecule has 1 heterocycles. The Morgan fingerprint density at radius 1 is 0.882 bits per heavy atom. The van der Waals surface area contributed by atoms with E-state index in [2.05, 4.69) is 42.2 Å². The summed E-state index contributed by atoms with van der Waals surface area (Å²) in [7, 11) is 0. The minimum Gasteiger partial charge on any atom is -0.261 e. The summed E-state index contributed by atoms with van der Waals surface area (Å²) in [6.45, 7) is 8.17. The van der Waals surface area contributed by atoms with Crippen LogP contribution in [0.15, 0.2) is 42.6 Å². The summed E-state index contributed by atoms with van der Waals surface area (Å²) in [5.41, 5.74) is 4.85. The topological polar surface area (TPSA) is 12.9 Å². The van der Waals surface area contributed by atoms with Gasteiger partial charge in [0.25, 0.3) is 0 Å². The van der Waals surface area contributed by atoms with Gasteiger partial charge in [-0.25, -0.2) is 0 Å². The van der Waals surface area contributed by atoms with E-state index in [9.17, 15) is 0 Å². The maximum absolute atomic E-state index is 4.30. The highest BCUT2D eigenvalue weighted by Gasteiger charge is 1.97. The molecule has 0 saturated heterocycles. The SMILES string of the molecule is CC.CCc1ccc(-c2ccc(C)nc2)cc1. The Morgan fingerprint density at radius 3 is 1.94 bits per heavy atom. The molecule has 1 aromatic carbocycles. The number of hydrogen-bond donors (Lipinski definition) is 0. The summed E-state index contributed by atoms with van der Waals surface area (Å²) in [6.07, 6.45) is 3.02. The normalized spacial score (nSPS) is 9.41. The van der Waals surface area contributed by atoms with Crippen LogP contribution >= 0.6 is 0 Å². The molecule has 0 N–H and O–H groups in total. The smallest absolute Gasteiger partial charge is 0.0373 e. The Kier molecular flexibility index (Phi) is 5.41. The van der Waals surface area contributed by atoms with Crippen molar-refractivity contribution in [2.75, 3.05) is 0 Å². The Balaban J connectivity index is 0.000000686. The monoisotopic (exact) mass is 227 g/mol. The minimum absolute atomic E-state index is 1.06. The fraction of sp³-hybridized carbons (Fsp3) is 0.312. The van der Waals surface area contributed by atoms with Crippen molar-refractivity contribution < 1.29 is 0 Å². The van der Waals surface area contributed by atoms with Crippen molar-refractivity contribution in [1.29, 1.82) is 0 Å². The molecule has 90 valence electrons.